The molecule has 1 unspecified atom stereocenters. The first kappa shape index (κ1) is 15.7. The summed E-state index contributed by atoms with van der Waals surface area (Å²) in [4.78, 5) is 17.7. The van der Waals surface area contributed by atoms with Gasteiger partial charge in [-0.15, -0.1) is 10.2 Å². The number of aromatic amines is 1. The van der Waals surface area contributed by atoms with Gasteiger partial charge in [-0.3, -0.25) is 0 Å². The molecule has 1 fully saturated rings. The van der Waals surface area contributed by atoms with Crippen LogP contribution in [0.5, 0.6) is 0 Å². The summed E-state index contributed by atoms with van der Waals surface area (Å²) in [6.45, 7) is 1.38. The number of hydrogen-bond acceptors (Lipinski definition) is 3. The summed E-state index contributed by atoms with van der Waals surface area (Å²) in [5.74, 6) is 0.852. The molecule has 3 heterocycles. The Bertz CT molecular complexity index is 882. The minimum absolute atomic E-state index is 0.0144. The van der Waals surface area contributed by atoms with Crippen molar-refractivity contribution in [2.24, 2.45) is 7.05 Å². The predicted molar refractivity (Wildman–Crippen MR) is 95.1 cm³/mol. The topological polar surface area (TPSA) is 78.8 Å². The minimum Gasteiger partial charge on any atom is -0.361 e. The summed E-state index contributed by atoms with van der Waals surface area (Å²) in [6, 6.07) is 8.29. The molecule has 0 radical (unpaired) electrons. The number of hydrogen-bond donors (Lipinski definition) is 2. The zero-order valence-corrected chi connectivity index (χ0v) is 14.3. The van der Waals surface area contributed by atoms with Gasteiger partial charge in [0, 0.05) is 37.2 Å². The van der Waals surface area contributed by atoms with Crippen molar-refractivity contribution in [3.63, 3.8) is 0 Å². The van der Waals surface area contributed by atoms with E-state index in [1.165, 1.54) is 10.9 Å². The number of nitrogens with zero attached hydrogens (tertiary/aromatic N) is 4. The molecule has 1 aromatic carbocycles. The van der Waals surface area contributed by atoms with Crippen molar-refractivity contribution in [2.75, 3.05) is 13.1 Å². The van der Waals surface area contributed by atoms with E-state index >= 15 is 0 Å². The van der Waals surface area contributed by atoms with Crippen molar-refractivity contribution in [1.29, 1.82) is 0 Å². The first-order chi connectivity index (χ1) is 12.2. The van der Waals surface area contributed by atoms with E-state index in [0.29, 0.717) is 6.54 Å². The fraction of sp³-hybridized carbons (Fsp3) is 0.389. The van der Waals surface area contributed by atoms with Crippen LogP contribution in [-0.4, -0.2) is 43.8 Å². The standard InChI is InChI=1S/C18H22N6O/c1-23-12-21-22-17(23)16-6-3-11-24(16)18(25)20-9-7-13-4-2-5-15-14(13)8-10-19-15/h2,4-5,8,10,12,16,19H,3,6-7,9,11H2,1H3,(H,20,25). The first-order valence-electron chi connectivity index (χ1n) is 8.67. The smallest absolute Gasteiger partial charge is 0.318 e. The number of rotatable bonds is 4. The summed E-state index contributed by atoms with van der Waals surface area (Å²) in [5, 5.41) is 12.4. The van der Waals surface area contributed by atoms with E-state index in [2.05, 4.69) is 38.7 Å². The molecule has 4 rings (SSSR count). The van der Waals surface area contributed by atoms with E-state index in [1.807, 2.05) is 28.8 Å². The Labute approximate surface area is 146 Å². The number of fused-ring (bicyclic) bond motifs is 1. The number of likely N-dealkylation sites (tertiary alicyclic amines) is 1. The fourth-order valence-electron chi connectivity index (χ4n) is 3.65. The average molecular weight is 338 g/mol. The van der Waals surface area contributed by atoms with E-state index in [1.54, 1.807) is 6.33 Å². The van der Waals surface area contributed by atoms with E-state index in [0.717, 1.165) is 37.1 Å². The molecule has 0 bridgehead atoms. The zero-order valence-electron chi connectivity index (χ0n) is 14.3. The highest BCUT2D eigenvalue weighted by atomic mass is 16.2. The Morgan fingerprint density at radius 1 is 1.40 bits per heavy atom. The number of benzene rings is 1. The molecular formula is C18H22N6O. The van der Waals surface area contributed by atoms with Crippen molar-refractivity contribution in [2.45, 2.75) is 25.3 Å². The molecule has 0 saturated carbocycles. The van der Waals surface area contributed by atoms with Gasteiger partial charge < -0.3 is 19.8 Å². The Morgan fingerprint density at radius 3 is 3.16 bits per heavy atom. The molecule has 2 amide bonds. The number of aromatic nitrogens is 4. The molecule has 1 saturated heterocycles. The second kappa shape index (κ2) is 6.58. The molecule has 7 heteroatoms. The van der Waals surface area contributed by atoms with Gasteiger partial charge in [0.1, 0.15) is 6.33 Å². The monoisotopic (exact) mass is 338 g/mol. The Hall–Kier alpha value is -2.83. The van der Waals surface area contributed by atoms with Gasteiger partial charge in [0.2, 0.25) is 0 Å². The van der Waals surface area contributed by atoms with Crippen molar-refractivity contribution in [1.82, 2.24) is 30.0 Å². The number of aryl methyl sites for hydroxylation is 1. The molecule has 2 aromatic heterocycles. The lowest BCUT2D eigenvalue weighted by Crippen LogP contribution is -2.40. The molecule has 1 aliphatic heterocycles. The summed E-state index contributed by atoms with van der Waals surface area (Å²) >= 11 is 0. The van der Waals surface area contributed by atoms with Crippen LogP contribution in [0.3, 0.4) is 0 Å². The number of carbonyl (C=O) groups excluding carboxylic acids is 1. The number of carbonyl (C=O) groups is 1. The molecule has 3 aromatic rings. The summed E-state index contributed by atoms with van der Waals surface area (Å²) in [5.41, 5.74) is 2.37. The molecule has 25 heavy (non-hydrogen) atoms. The number of urea groups is 1. The van der Waals surface area contributed by atoms with Crippen LogP contribution in [0.1, 0.15) is 30.3 Å². The summed E-state index contributed by atoms with van der Waals surface area (Å²) < 4.78 is 1.89. The van der Waals surface area contributed by atoms with Crippen LogP contribution < -0.4 is 5.32 Å². The highest BCUT2D eigenvalue weighted by Crippen LogP contribution is 2.30. The average Bonchev–Trinajstić information content (AvgIpc) is 3.34. The molecule has 2 N–H and O–H groups in total. The molecule has 0 spiro atoms. The third kappa shape index (κ3) is 2.97. The largest absolute Gasteiger partial charge is 0.361 e. The van der Waals surface area contributed by atoms with Crippen LogP contribution in [0.2, 0.25) is 0 Å². The quantitative estimate of drug-likeness (QED) is 0.766. The lowest BCUT2D eigenvalue weighted by atomic mass is 10.1. The first-order valence-corrected chi connectivity index (χ1v) is 8.67. The predicted octanol–water partition coefficient (Wildman–Crippen LogP) is 2.39. The Kier molecular flexibility index (Phi) is 4.13. The highest BCUT2D eigenvalue weighted by molar-refractivity contribution is 5.83. The molecule has 1 atom stereocenters. The maximum absolute atomic E-state index is 12.6. The van der Waals surface area contributed by atoms with Crippen molar-refractivity contribution >= 4 is 16.9 Å². The second-order valence-corrected chi connectivity index (χ2v) is 6.49. The van der Waals surface area contributed by atoms with Crippen LogP contribution in [0.15, 0.2) is 36.8 Å². The molecule has 0 aliphatic carbocycles. The van der Waals surface area contributed by atoms with Gasteiger partial charge in [0.25, 0.3) is 0 Å². The van der Waals surface area contributed by atoms with Crippen LogP contribution in [-0.2, 0) is 13.5 Å². The van der Waals surface area contributed by atoms with E-state index in [4.69, 9.17) is 0 Å². The highest BCUT2D eigenvalue weighted by Gasteiger charge is 2.32. The number of nitrogens with one attached hydrogen (secondary N) is 2. The van der Waals surface area contributed by atoms with Crippen molar-refractivity contribution in [3.8, 4) is 0 Å². The zero-order chi connectivity index (χ0) is 17.2. The molecule has 130 valence electrons. The lowest BCUT2D eigenvalue weighted by Gasteiger charge is -2.24. The van der Waals surface area contributed by atoms with Gasteiger partial charge in [-0.05, 0) is 37.0 Å². The van der Waals surface area contributed by atoms with Gasteiger partial charge >= 0.3 is 6.03 Å². The van der Waals surface area contributed by atoms with Crippen LogP contribution in [0.25, 0.3) is 10.9 Å². The van der Waals surface area contributed by atoms with Gasteiger partial charge in [0.15, 0.2) is 5.82 Å². The lowest BCUT2D eigenvalue weighted by molar-refractivity contribution is 0.190. The normalized spacial score (nSPS) is 17.3. The minimum atomic E-state index is -0.0215. The third-order valence-corrected chi connectivity index (χ3v) is 4.91. The third-order valence-electron chi connectivity index (χ3n) is 4.91. The van der Waals surface area contributed by atoms with Gasteiger partial charge in [0.05, 0.1) is 6.04 Å². The summed E-state index contributed by atoms with van der Waals surface area (Å²) in [7, 11) is 1.92. The van der Waals surface area contributed by atoms with Crippen LogP contribution in [0, 0.1) is 0 Å². The number of amides is 2. The Balaban J connectivity index is 1.39. The van der Waals surface area contributed by atoms with E-state index in [-0.39, 0.29) is 12.1 Å². The van der Waals surface area contributed by atoms with Gasteiger partial charge in [-0.1, -0.05) is 12.1 Å². The molecule has 7 nitrogen and oxygen atoms in total. The van der Waals surface area contributed by atoms with E-state index < -0.39 is 0 Å². The maximum atomic E-state index is 12.6. The molecular weight excluding hydrogens is 316 g/mol. The van der Waals surface area contributed by atoms with Crippen molar-refractivity contribution in [3.05, 3.63) is 48.2 Å². The van der Waals surface area contributed by atoms with Crippen molar-refractivity contribution < 1.29 is 4.79 Å². The molecule has 1 aliphatic rings. The summed E-state index contributed by atoms with van der Waals surface area (Å²) in [6.07, 6.45) is 6.36. The van der Waals surface area contributed by atoms with Crippen LogP contribution in [0.4, 0.5) is 4.79 Å². The fourth-order valence-corrected chi connectivity index (χ4v) is 3.65. The van der Waals surface area contributed by atoms with E-state index in [9.17, 15) is 4.79 Å². The second-order valence-electron chi connectivity index (χ2n) is 6.49. The Morgan fingerprint density at radius 2 is 2.32 bits per heavy atom. The van der Waals surface area contributed by atoms with Gasteiger partial charge in [-0.2, -0.15) is 0 Å². The van der Waals surface area contributed by atoms with Crippen LogP contribution >= 0.6 is 0 Å². The number of H-pyrrole nitrogens is 1. The van der Waals surface area contributed by atoms with Gasteiger partial charge in [-0.25, -0.2) is 4.79 Å². The SMILES string of the molecule is Cn1cnnc1C1CCCN1C(=O)NCCc1cccc2[nH]ccc12. The maximum Gasteiger partial charge on any atom is 0.318 e.